The van der Waals surface area contributed by atoms with E-state index in [-0.39, 0.29) is 0 Å². The van der Waals surface area contributed by atoms with Crippen molar-refractivity contribution in [3.8, 4) is 0 Å². The molecule has 12 heavy (non-hydrogen) atoms. The van der Waals surface area contributed by atoms with Crippen LogP contribution in [0.25, 0.3) is 0 Å². The summed E-state index contributed by atoms with van der Waals surface area (Å²) in [6.07, 6.45) is 0.426. The molecule has 0 aromatic rings. The highest BCUT2D eigenvalue weighted by molar-refractivity contribution is 4.89. The highest BCUT2D eigenvalue weighted by atomic mass is 19.4. The third-order valence-corrected chi connectivity index (χ3v) is 1.86. The van der Waals surface area contributed by atoms with E-state index in [2.05, 4.69) is 0 Å². The molecule has 1 aliphatic rings. The number of rotatable bonds is 1. The van der Waals surface area contributed by atoms with E-state index in [1.807, 2.05) is 0 Å². The van der Waals surface area contributed by atoms with Gasteiger partial charge in [-0.15, -0.1) is 0 Å². The van der Waals surface area contributed by atoms with Crippen molar-refractivity contribution in [3.05, 3.63) is 12.3 Å². The zero-order valence-corrected chi connectivity index (χ0v) is 6.77. The molecule has 1 heterocycles. The van der Waals surface area contributed by atoms with Gasteiger partial charge in [0.15, 0.2) is 0 Å². The van der Waals surface area contributed by atoms with Crippen LogP contribution in [0.4, 0.5) is 13.2 Å². The molecule has 0 N–H and O–H groups in total. The standard InChI is InChI=1S/C8H12F3N/c9-8(10,11)4-7-12-5-2-1-3-6-12/h4,7H,1-3,5-6H2/b7-4+. The molecule has 0 amide bonds. The van der Waals surface area contributed by atoms with Crippen LogP contribution in [0, 0.1) is 0 Å². The molecule has 0 aromatic carbocycles. The zero-order valence-electron chi connectivity index (χ0n) is 6.77. The van der Waals surface area contributed by atoms with Gasteiger partial charge in [-0.3, -0.25) is 0 Å². The Morgan fingerprint density at radius 2 is 1.58 bits per heavy atom. The first kappa shape index (κ1) is 9.42. The lowest BCUT2D eigenvalue weighted by atomic mass is 10.1. The normalized spacial score (nSPS) is 20.4. The average molecular weight is 179 g/mol. The smallest absolute Gasteiger partial charge is 0.377 e. The number of halogens is 3. The van der Waals surface area contributed by atoms with Gasteiger partial charge in [-0.25, -0.2) is 0 Å². The molecule has 0 aromatic heterocycles. The second-order valence-corrected chi connectivity index (χ2v) is 2.95. The highest BCUT2D eigenvalue weighted by Gasteiger charge is 2.22. The minimum absolute atomic E-state index is 0.304. The fourth-order valence-corrected chi connectivity index (χ4v) is 1.26. The number of likely N-dealkylation sites (tertiary alicyclic amines) is 1. The van der Waals surface area contributed by atoms with Gasteiger partial charge < -0.3 is 4.90 Å². The Balaban J connectivity index is 2.33. The molecule has 0 unspecified atom stereocenters. The first-order valence-electron chi connectivity index (χ1n) is 4.08. The number of piperidine rings is 1. The fourth-order valence-electron chi connectivity index (χ4n) is 1.26. The third kappa shape index (κ3) is 3.64. The number of alkyl halides is 3. The van der Waals surface area contributed by atoms with Gasteiger partial charge in [0.05, 0.1) is 0 Å². The zero-order chi connectivity index (χ0) is 9.03. The van der Waals surface area contributed by atoms with Crippen LogP contribution >= 0.6 is 0 Å². The quantitative estimate of drug-likeness (QED) is 0.598. The van der Waals surface area contributed by atoms with Crippen LogP contribution in [0.15, 0.2) is 12.3 Å². The molecule has 1 rings (SSSR count). The molecule has 1 aliphatic heterocycles. The molecule has 70 valence electrons. The van der Waals surface area contributed by atoms with Crippen molar-refractivity contribution in [2.45, 2.75) is 25.4 Å². The Morgan fingerprint density at radius 1 is 1.00 bits per heavy atom. The van der Waals surface area contributed by atoms with Crippen molar-refractivity contribution in [2.24, 2.45) is 0 Å². The topological polar surface area (TPSA) is 3.24 Å². The first-order valence-corrected chi connectivity index (χ1v) is 4.08. The summed E-state index contributed by atoms with van der Waals surface area (Å²) in [6, 6.07) is 0. The summed E-state index contributed by atoms with van der Waals surface area (Å²) in [6.45, 7) is 1.51. The van der Waals surface area contributed by atoms with Gasteiger partial charge >= 0.3 is 6.18 Å². The number of hydrogen-bond acceptors (Lipinski definition) is 1. The lowest BCUT2D eigenvalue weighted by molar-refractivity contribution is -0.0808. The molecule has 0 saturated carbocycles. The van der Waals surface area contributed by atoms with Gasteiger partial charge in [-0.1, -0.05) is 0 Å². The van der Waals surface area contributed by atoms with Crippen LogP contribution in [-0.4, -0.2) is 24.2 Å². The molecule has 4 heteroatoms. The maximum absolute atomic E-state index is 11.7. The SMILES string of the molecule is FC(F)(F)/C=C/N1CCCCC1. The maximum Gasteiger partial charge on any atom is 0.411 e. The number of nitrogens with zero attached hydrogens (tertiary/aromatic N) is 1. The number of allylic oxidation sites excluding steroid dienone is 1. The van der Waals surface area contributed by atoms with Gasteiger partial charge in [-0.05, 0) is 19.3 Å². The van der Waals surface area contributed by atoms with Crippen molar-refractivity contribution >= 4 is 0 Å². The molecule has 0 spiro atoms. The predicted molar refractivity (Wildman–Crippen MR) is 40.6 cm³/mol. The molecule has 1 saturated heterocycles. The van der Waals surface area contributed by atoms with E-state index in [0.717, 1.165) is 38.6 Å². The Morgan fingerprint density at radius 3 is 2.08 bits per heavy atom. The second-order valence-electron chi connectivity index (χ2n) is 2.95. The van der Waals surface area contributed by atoms with E-state index in [0.29, 0.717) is 6.08 Å². The summed E-state index contributed by atoms with van der Waals surface area (Å²) in [5, 5.41) is 0. The fraction of sp³-hybridized carbons (Fsp3) is 0.750. The maximum atomic E-state index is 11.7. The van der Waals surface area contributed by atoms with E-state index >= 15 is 0 Å². The minimum Gasteiger partial charge on any atom is -0.377 e. The van der Waals surface area contributed by atoms with E-state index in [1.165, 1.54) is 0 Å². The van der Waals surface area contributed by atoms with E-state index in [4.69, 9.17) is 0 Å². The predicted octanol–water partition coefficient (Wildman–Crippen LogP) is 2.55. The van der Waals surface area contributed by atoms with Gasteiger partial charge in [0, 0.05) is 25.4 Å². The van der Waals surface area contributed by atoms with Gasteiger partial charge in [0.25, 0.3) is 0 Å². The van der Waals surface area contributed by atoms with Crippen molar-refractivity contribution in [1.82, 2.24) is 4.90 Å². The lowest BCUT2D eigenvalue weighted by Gasteiger charge is -2.24. The summed E-state index contributed by atoms with van der Waals surface area (Å²) < 4.78 is 35.1. The van der Waals surface area contributed by atoms with Gasteiger partial charge in [0.1, 0.15) is 0 Å². The molecule has 1 nitrogen and oxygen atoms in total. The summed E-state index contributed by atoms with van der Waals surface area (Å²) in [4.78, 5) is 1.72. The second kappa shape index (κ2) is 3.83. The van der Waals surface area contributed by atoms with Crippen LogP contribution in [0.5, 0.6) is 0 Å². The van der Waals surface area contributed by atoms with Crippen LogP contribution in [-0.2, 0) is 0 Å². The van der Waals surface area contributed by atoms with Crippen molar-refractivity contribution in [2.75, 3.05) is 13.1 Å². The summed E-state index contributed by atoms with van der Waals surface area (Å²) >= 11 is 0. The van der Waals surface area contributed by atoms with E-state index in [9.17, 15) is 13.2 Å². The number of hydrogen-bond donors (Lipinski definition) is 0. The first-order chi connectivity index (χ1) is 5.58. The van der Waals surface area contributed by atoms with E-state index in [1.54, 1.807) is 4.90 Å². The molecule has 0 radical (unpaired) electrons. The summed E-state index contributed by atoms with van der Waals surface area (Å²) in [5.74, 6) is 0. The lowest BCUT2D eigenvalue weighted by Crippen LogP contribution is -2.24. The van der Waals surface area contributed by atoms with Crippen molar-refractivity contribution in [3.63, 3.8) is 0 Å². The van der Waals surface area contributed by atoms with Crippen LogP contribution in [0.1, 0.15) is 19.3 Å². The Bertz CT molecular complexity index is 156. The summed E-state index contributed by atoms with van der Waals surface area (Å²) in [7, 11) is 0. The van der Waals surface area contributed by atoms with Gasteiger partial charge in [0.2, 0.25) is 0 Å². The minimum atomic E-state index is -4.17. The monoisotopic (exact) mass is 179 g/mol. The summed E-state index contributed by atoms with van der Waals surface area (Å²) in [5.41, 5.74) is 0. The van der Waals surface area contributed by atoms with Crippen LogP contribution < -0.4 is 0 Å². The highest BCUT2D eigenvalue weighted by Crippen LogP contribution is 2.17. The molecule has 0 bridgehead atoms. The third-order valence-electron chi connectivity index (χ3n) is 1.86. The van der Waals surface area contributed by atoms with Crippen molar-refractivity contribution < 1.29 is 13.2 Å². The Kier molecular flexibility index (Phi) is 3.00. The van der Waals surface area contributed by atoms with Crippen LogP contribution in [0.2, 0.25) is 0 Å². The van der Waals surface area contributed by atoms with Gasteiger partial charge in [-0.2, -0.15) is 13.2 Å². The molecule has 1 fully saturated rings. The van der Waals surface area contributed by atoms with Crippen molar-refractivity contribution in [1.29, 1.82) is 0 Å². The molecule has 0 aliphatic carbocycles. The van der Waals surface area contributed by atoms with E-state index < -0.39 is 6.18 Å². The molecular weight excluding hydrogens is 167 g/mol. The molecule has 0 atom stereocenters. The Hall–Kier alpha value is -0.670. The average Bonchev–Trinajstić information content (AvgIpc) is 2.02. The van der Waals surface area contributed by atoms with Crippen LogP contribution in [0.3, 0.4) is 0 Å². The largest absolute Gasteiger partial charge is 0.411 e. The molecular formula is C8H12F3N. The Labute approximate surface area is 69.9 Å².